The molecular weight excluding hydrogens is 480 g/mol. The second kappa shape index (κ2) is 17.1. The van der Waals surface area contributed by atoms with Crippen molar-refractivity contribution in [2.24, 2.45) is 35.3 Å². The first kappa shape index (κ1) is 33.6. The van der Waals surface area contributed by atoms with Gasteiger partial charge in [0.15, 0.2) is 0 Å². The van der Waals surface area contributed by atoms with E-state index >= 15 is 0 Å². The van der Waals surface area contributed by atoms with Crippen LogP contribution in [0.4, 0.5) is 0 Å². The Hall–Kier alpha value is -2.42. The van der Waals surface area contributed by atoms with E-state index in [2.05, 4.69) is 5.43 Å². The molecule has 0 bridgehead atoms. The number of hydroxylamine groups is 1. The molecule has 1 aromatic carbocycles. The molecule has 0 saturated heterocycles. The van der Waals surface area contributed by atoms with Crippen molar-refractivity contribution < 1.29 is 19.6 Å². The van der Waals surface area contributed by atoms with Gasteiger partial charge in [0.2, 0.25) is 11.8 Å². The number of benzene rings is 1. The lowest BCUT2D eigenvalue weighted by Gasteiger charge is -2.32. The number of nitrogens with zero attached hydrogens (tertiary/aromatic N) is 1. The zero-order valence-electron chi connectivity index (χ0n) is 22.4. The highest BCUT2D eigenvalue weighted by molar-refractivity contribution is 5.89. The van der Waals surface area contributed by atoms with Crippen LogP contribution < -0.4 is 16.6 Å². The van der Waals surface area contributed by atoms with Crippen molar-refractivity contribution in [1.29, 1.82) is 0 Å². The molecule has 0 saturated carbocycles. The molecule has 0 spiro atoms. The van der Waals surface area contributed by atoms with Gasteiger partial charge in [0, 0.05) is 6.54 Å². The van der Waals surface area contributed by atoms with Crippen molar-refractivity contribution >= 4 is 36.2 Å². The summed E-state index contributed by atoms with van der Waals surface area (Å²) < 4.78 is 0. The number of allylic oxidation sites excluding steroid dienone is 1. The number of carbonyl (C=O) groups is 3. The van der Waals surface area contributed by atoms with Crippen molar-refractivity contribution in [1.82, 2.24) is 15.9 Å². The number of rotatable bonds is 13. The van der Waals surface area contributed by atoms with Crippen LogP contribution in [0.5, 0.6) is 0 Å². The molecule has 8 nitrogen and oxygen atoms in total. The normalized spacial score (nSPS) is 13.9. The van der Waals surface area contributed by atoms with Crippen LogP contribution >= 0.6 is 12.4 Å². The molecule has 1 rings (SSSR count). The van der Waals surface area contributed by atoms with Gasteiger partial charge in [0.1, 0.15) is 0 Å². The minimum absolute atomic E-state index is 0. The molecule has 0 radical (unpaired) electrons. The standard InChI is InChI=1S/C27H44N4O4.ClH/c1-18(2)15-23(22(26(33)30-35)14-10-13-21-11-8-7-9-12-21)25(32)29-31(17-20(5)6)27(34)24(28)16-19(3)4;/h7-13,18-20,22-24,35H,14-17,28H2,1-6H3,(H,29,32)(H,30,33);1H/t22-,23+,24+;/m0./s1. The van der Waals surface area contributed by atoms with Crippen LogP contribution in [0.15, 0.2) is 36.4 Å². The van der Waals surface area contributed by atoms with E-state index in [1.54, 1.807) is 5.48 Å². The minimum atomic E-state index is -0.817. The van der Waals surface area contributed by atoms with Crippen LogP contribution in [0.3, 0.4) is 0 Å². The molecule has 0 aliphatic heterocycles. The minimum Gasteiger partial charge on any atom is -0.320 e. The van der Waals surface area contributed by atoms with Crippen LogP contribution in [-0.2, 0) is 14.4 Å². The summed E-state index contributed by atoms with van der Waals surface area (Å²) in [5.41, 5.74) is 11.6. The van der Waals surface area contributed by atoms with Crippen molar-refractivity contribution in [2.45, 2.75) is 66.8 Å². The summed E-state index contributed by atoms with van der Waals surface area (Å²) in [5.74, 6) is -2.57. The molecule has 5 N–H and O–H groups in total. The maximum absolute atomic E-state index is 13.5. The molecule has 9 heteroatoms. The van der Waals surface area contributed by atoms with E-state index < -0.39 is 29.7 Å². The van der Waals surface area contributed by atoms with E-state index in [1.165, 1.54) is 5.01 Å². The largest absolute Gasteiger partial charge is 0.320 e. The summed E-state index contributed by atoms with van der Waals surface area (Å²) in [6, 6.07) is 8.88. The average molecular weight is 525 g/mol. The van der Waals surface area contributed by atoms with Gasteiger partial charge in [-0.3, -0.25) is 30.0 Å². The van der Waals surface area contributed by atoms with E-state index in [1.807, 2.05) is 84.0 Å². The lowest BCUT2D eigenvalue weighted by molar-refractivity contribution is -0.148. The predicted molar refractivity (Wildman–Crippen MR) is 146 cm³/mol. The van der Waals surface area contributed by atoms with Gasteiger partial charge in [-0.2, -0.15) is 0 Å². The second-order valence-electron chi connectivity index (χ2n) is 10.4. The highest BCUT2D eigenvalue weighted by Gasteiger charge is 2.35. The molecule has 0 unspecified atom stereocenters. The summed E-state index contributed by atoms with van der Waals surface area (Å²) in [5, 5.41) is 10.7. The highest BCUT2D eigenvalue weighted by Crippen LogP contribution is 2.26. The van der Waals surface area contributed by atoms with Gasteiger partial charge in [-0.15, -0.1) is 12.4 Å². The number of amides is 3. The Bertz CT molecular complexity index is 830. The molecule has 0 heterocycles. The molecule has 0 fully saturated rings. The summed E-state index contributed by atoms with van der Waals surface area (Å²) in [6.07, 6.45) is 4.85. The average Bonchev–Trinajstić information content (AvgIpc) is 2.79. The lowest BCUT2D eigenvalue weighted by atomic mass is 9.82. The Morgan fingerprint density at radius 3 is 2.00 bits per heavy atom. The van der Waals surface area contributed by atoms with Gasteiger partial charge in [-0.05, 0) is 42.6 Å². The molecule has 0 aliphatic carbocycles. The molecule has 36 heavy (non-hydrogen) atoms. The summed E-state index contributed by atoms with van der Waals surface area (Å²) in [4.78, 5) is 39.2. The number of hydrogen-bond donors (Lipinski definition) is 4. The Balaban J connectivity index is 0.0000122. The first-order chi connectivity index (χ1) is 16.5. The first-order valence-electron chi connectivity index (χ1n) is 12.5. The lowest BCUT2D eigenvalue weighted by Crippen LogP contribution is -2.56. The zero-order valence-corrected chi connectivity index (χ0v) is 23.3. The SMILES string of the molecule is CC(C)C[C@@H](N)C(=O)N(CC(C)C)NC(=O)[C@H](CC(C)C)[C@H](CC=Cc1ccccc1)C(=O)NO.Cl. The fraction of sp³-hybridized carbons (Fsp3) is 0.593. The molecule has 204 valence electrons. The van der Waals surface area contributed by atoms with Gasteiger partial charge in [0.05, 0.1) is 17.9 Å². The zero-order chi connectivity index (χ0) is 26.5. The van der Waals surface area contributed by atoms with Crippen molar-refractivity contribution in [3.8, 4) is 0 Å². The number of carbonyl (C=O) groups excluding carboxylic acids is 3. The smallest absolute Gasteiger partial charge is 0.257 e. The van der Waals surface area contributed by atoms with Gasteiger partial charge >= 0.3 is 0 Å². The van der Waals surface area contributed by atoms with Crippen LogP contribution in [0.25, 0.3) is 6.08 Å². The van der Waals surface area contributed by atoms with E-state index in [-0.39, 0.29) is 42.5 Å². The van der Waals surface area contributed by atoms with E-state index in [4.69, 9.17) is 5.73 Å². The van der Waals surface area contributed by atoms with Gasteiger partial charge in [0.25, 0.3) is 5.91 Å². The quantitative estimate of drug-likeness (QED) is 0.227. The Morgan fingerprint density at radius 2 is 1.50 bits per heavy atom. The van der Waals surface area contributed by atoms with E-state index in [0.717, 1.165) is 5.56 Å². The number of hydrogen-bond acceptors (Lipinski definition) is 5. The summed E-state index contributed by atoms with van der Waals surface area (Å²) >= 11 is 0. The van der Waals surface area contributed by atoms with Crippen molar-refractivity contribution in [3.05, 3.63) is 42.0 Å². The van der Waals surface area contributed by atoms with Gasteiger partial charge in [-0.1, -0.05) is 84.0 Å². The van der Waals surface area contributed by atoms with E-state index in [9.17, 15) is 19.6 Å². The maximum atomic E-state index is 13.5. The fourth-order valence-electron chi connectivity index (χ4n) is 3.99. The summed E-state index contributed by atoms with van der Waals surface area (Å²) in [7, 11) is 0. The van der Waals surface area contributed by atoms with Crippen LogP contribution in [0.1, 0.15) is 66.4 Å². The van der Waals surface area contributed by atoms with Crippen LogP contribution in [-0.4, -0.2) is 40.5 Å². The molecule has 3 amide bonds. The fourth-order valence-corrected chi connectivity index (χ4v) is 3.99. The van der Waals surface area contributed by atoms with Gasteiger partial charge < -0.3 is 5.73 Å². The first-order valence-corrected chi connectivity index (χ1v) is 12.5. The number of nitrogens with one attached hydrogen (secondary N) is 2. The summed E-state index contributed by atoms with van der Waals surface area (Å²) in [6.45, 7) is 12.1. The number of hydrazine groups is 1. The molecule has 1 aromatic rings. The van der Waals surface area contributed by atoms with Crippen LogP contribution in [0.2, 0.25) is 0 Å². The Morgan fingerprint density at radius 1 is 0.917 bits per heavy atom. The molecular formula is C27H45ClN4O4. The Labute approximate surface area is 222 Å². The predicted octanol–water partition coefficient (Wildman–Crippen LogP) is 4.18. The van der Waals surface area contributed by atoms with Crippen molar-refractivity contribution in [2.75, 3.05) is 6.54 Å². The third-order valence-corrected chi connectivity index (χ3v) is 5.60. The molecule has 0 aliphatic rings. The molecule has 0 aromatic heterocycles. The van der Waals surface area contributed by atoms with Crippen LogP contribution in [0, 0.1) is 29.6 Å². The van der Waals surface area contributed by atoms with Crippen molar-refractivity contribution in [3.63, 3.8) is 0 Å². The third kappa shape index (κ3) is 12.0. The molecule has 3 atom stereocenters. The topological polar surface area (TPSA) is 125 Å². The highest BCUT2D eigenvalue weighted by atomic mass is 35.5. The second-order valence-corrected chi connectivity index (χ2v) is 10.4. The van der Waals surface area contributed by atoms with E-state index in [0.29, 0.717) is 19.4 Å². The third-order valence-electron chi connectivity index (χ3n) is 5.60. The maximum Gasteiger partial charge on any atom is 0.257 e. The Kier molecular flexibility index (Phi) is 16.0. The monoisotopic (exact) mass is 524 g/mol. The number of nitrogens with two attached hydrogens (primary N) is 1. The number of halogens is 1. The van der Waals surface area contributed by atoms with Gasteiger partial charge in [-0.25, -0.2) is 5.48 Å².